The van der Waals surface area contributed by atoms with Crippen molar-refractivity contribution in [3.8, 4) is 5.75 Å². The molecule has 82 valence electrons. The number of phenols is 1. The molecule has 0 unspecified atom stereocenters. The fraction of sp³-hybridized carbons (Fsp3) is 0.500. The van der Waals surface area contributed by atoms with Gasteiger partial charge in [0.1, 0.15) is 5.75 Å². The van der Waals surface area contributed by atoms with Crippen LogP contribution < -0.4 is 5.73 Å². The topological polar surface area (TPSA) is 46.2 Å². The molecular formula is C12H16BrNO. The first-order valence-corrected chi connectivity index (χ1v) is 6.08. The number of hydrogen-bond acceptors (Lipinski definition) is 2. The monoisotopic (exact) mass is 269 g/mol. The van der Waals surface area contributed by atoms with Crippen LogP contribution in [0.1, 0.15) is 30.4 Å². The highest BCUT2D eigenvalue weighted by atomic mass is 79.9. The summed E-state index contributed by atoms with van der Waals surface area (Å²) in [4.78, 5) is 0. The molecule has 15 heavy (non-hydrogen) atoms. The summed E-state index contributed by atoms with van der Waals surface area (Å²) >= 11 is 3.38. The molecule has 1 aliphatic carbocycles. The molecule has 1 aromatic carbocycles. The molecule has 3 heteroatoms. The average molecular weight is 270 g/mol. The summed E-state index contributed by atoms with van der Waals surface area (Å²) in [6, 6.07) is 4.07. The van der Waals surface area contributed by atoms with Crippen LogP contribution in [-0.4, -0.2) is 11.7 Å². The Balaban J connectivity index is 2.45. The Bertz CT molecular complexity index is 357. The van der Waals surface area contributed by atoms with Gasteiger partial charge in [-0.15, -0.1) is 0 Å². The minimum atomic E-state index is 0.168. The molecule has 0 atom stereocenters. The van der Waals surface area contributed by atoms with Gasteiger partial charge in [0.25, 0.3) is 0 Å². The quantitative estimate of drug-likeness (QED) is 0.868. The molecule has 0 heterocycles. The second-order valence-corrected chi connectivity index (χ2v) is 5.32. The summed E-state index contributed by atoms with van der Waals surface area (Å²) in [5.41, 5.74) is 8.21. The summed E-state index contributed by atoms with van der Waals surface area (Å²) in [7, 11) is 0. The maximum Gasteiger partial charge on any atom is 0.132 e. The van der Waals surface area contributed by atoms with E-state index in [-0.39, 0.29) is 5.41 Å². The average Bonchev–Trinajstić information content (AvgIpc) is 2.13. The second kappa shape index (κ2) is 3.80. The lowest BCUT2D eigenvalue weighted by molar-refractivity contribution is 0.252. The maximum absolute atomic E-state index is 9.68. The molecule has 0 radical (unpaired) electrons. The standard InChI is InChI=1S/C12H16BrNO/c1-8-5-9(6-10(13)11(8)15)12(7-14)3-2-4-12/h5-6,15H,2-4,7,14H2,1H3. The molecule has 0 spiro atoms. The van der Waals surface area contributed by atoms with Crippen LogP contribution in [0.15, 0.2) is 16.6 Å². The third-order valence-electron chi connectivity index (χ3n) is 3.57. The van der Waals surface area contributed by atoms with Crippen LogP contribution in [-0.2, 0) is 5.41 Å². The van der Waals surface area contributed by atoms with E-state index in [0.29, 0.717) is 12.3 Å². The molecule has 2 rings (SSSR count). The summed E-state index contributed by atoms with van der Waals surface area (Å²) in [5, 5.41) is 9.68. The third-order valence-corrected chi connectivity index (χ3v) is 4.17. The molecule has 0 aliphatic heterocycles. The van der Waals surface area contributed by atoms with Crippen molar-refractivity contribution in [2.24, 2.45) is 5.73 Å². The zero-order chi connectivity index (χ0) is 11.1. The SMILES string of the molecule is Cc1cc(C2(CN)CCC2)cc(Br)c1O. The Morgan fingerprint density at radius 3 is 2.53 bits per heavy atom. The predicted octanol–water partition coefficient (Wildman–Crippen LogP) is 2.84. The van der Waals surface area contributed by atoms with E-state index < -0.39 is 0 Å². The number of phenolic OH excluding ortho intramolecular Hbond substituents is 1. The number of rotatable bonds is 2. The van der Waals surface area contributed by atoms with Gasteiger partial charge < -0.3 is 10.8 Å². The minimum absolute atomic E-state index is 0.168. The van der Waals surface area contributed by atoms with E-state index in [1.165, 1.54) is 24.8 Å². The normalized spacial score (nSPS) is 18.6. The highest BCUT2D eigenvalue weighted by Gasteiger charge is 2.37. The van der Waals surface area contributed by atoms with Gasteiger partial charge in [-0.05, 0) is 52.9 Å². The van der Waals surface area contributed by atoms with Crippen molar-refractivity contribution in [1.82, 2.24) is 0 Å². The van der Waals surface area contributed by atoms with Crippen molar-refractivity contribution in [2.75, 3.05) is 6.54 Å². The molecule has 1 aliphatic rings. The molecule has 1 saturated carbocycles. The third kappa shape index (κ3) is 1.68. The minimum Gasteiger partial charge on any atom is -0.506 e. The number of benzene rings is 1. The zero-order valence-electron chi connectivity index (χ0n) is 8.89. The van der Waals surface area contributed by atoms with E-state index in [1.807, 2.05) is 13.0 Å². The van der Waals surface area contributed by atoms with E-state index in [0.717, 1.165) is 10.0 Å². The van der Waals surface area contributed by atoms with E-state index in [4.69, 9.17) is 5.73 Å². The van der Waals surface area contributed by atoms with Crippen LogP contribution in [0.25, 0.3) is 0 Å². The first-order valence-electron chi connectivity index (χ1n) is 5.29. The molecule has 0 amide bonds. The molecule has 2 nitrogen and oxygen atoms in total. The largest absolute Gasteiger partial charge is 0.506 e. The van der Waals surface area contributed by atoms with Crippen molar-refractivity contribution < 1.29 is 5.11 Å². The van der Waals surface area contributed by atoms with Gasteiger partial charge in [-0.2, -0.15) is 0 Å². The van der Waals surface area contributed by atoms with Gasteiger partial charge in [0, 0.05) is 12.0 Å². The van der Waals surface area contributed by atoms with Crippen LogP contribution >= 0.6 is 15.9 Å². The van der Waals surface area contributed by atoms with Crippen LogP contribution in [0.5, 0.6) is 5.75 Å². The van der Waals surface area contributed by atoms with Gasteiger partial charge in [-0.25, -0.2) is 0 Å². The Morgan fingerprint density at radius 2 is 2.13 bits per heavy atom. The highest BCUT2D eigenvalue weighted by Crippen LogP contribution is 2.45. The van der Waals surface area contributed by atoms with E-state index in [2.05, 4.69) is 22.0 Å². The van der Waals surface area contributed by atoms with Crippen LogP contribution in [0.4, 0.5) is 0 Å². The number of halogens is 1. The predicted molar refractivity (Wildman–Crippen MR) is 65.1 cm³/mol. The number of nitrogens with two attached hydrogens (primary N) is 1. The van der Waals surface area contributed by atoms with Gasteiger partial charge in [0.2, 0.25) is 0 Å². The number of hydrogen-bond donors (Lipinski definition) is 2. The number of aromatic hydroxyl groups is 1. The summed E-state index contributed by atoms with van der Waals surface area (Å²) in [5.74, 6) is 0.338. The van der Waals surface area contributed by atoms with E-state index >= 15 is 0 Å². The van der Waals surface area contributed by atoms with Gasteiger partial charge in [0.05, 0.1) is 4.47 Å². The second-order valence-electron chi connectivity index (χ2n) is 4.46. The Kier molecular flexibility index (Phi) is 2.77. The molecule has 1 fully saturated rings. The van der Waals surface area contributed by atoms with Crippen molar-refractivity contribution in [2.45, 2.75) is 31.6 Å². The molecule has 0 bridgehead atoms. The lowest BCUT2D eigenvalue weighted by Crippen LogP contribution is -2.41. The van der Waals surface area contributed by atoms with Crippen molar-refractivity contribution >= 4 is 15.9 Å². The Hall–Kier alpha value is -0.540. The summed E-state index contributed by atoms with van der Waals surface area (Å²) in [6.45, 7) is 2.62. The summed E-state index contributed by atoms with van der Waals surface area (Å²) < 4.78 is 0.775. The van der Waals surface area contributed by atoms with Crippen molar-refractivity contribution in [3.63, 3.8) is 0 Å². The van der Waals surface area contributed by atoms with E-state index in [9.17, 15) is 5.11 Å². The first-order chi connectivity index (χ1) is 7.09. The first kappa shape index (κ1) is 11.0. The maximum atomic E-state index is 9.68. The van der Waals surface area contributed by atoms with Gasteiger partial charge in [0.15, 0.2) is 0 Å². The highest BCUT2D eigenvalue weighted by molar-refractivity contribution is 9.10. The molecule has 3 N–H and O–H groups in total. The van der Waals surface area contributed by atoms with Gasteiger partial charge >= 0.3 is 0 Å². The Morgan fingerprint density at radius 1 is 1.47 bits per heavy atom. The van der Waals surface area contributed by atoms with Crippen molar-refractivity contribution in [1.29, 1.82) is 0 Å². The van der Waals surface area contributed by atoms with Crippen LogP contribution in [0, 0.1) is 6.92 Å². The Labute approximate surface area is 98.6 Å². The van der Waals surface area contributed by atoms with Gasteiger partial charge in [-0.1, -0.05) is 12.5 Å². The molecular weight excluding hydrogens is 254 g/mol. The molecule has 0 saturated heterocycles. The summed E-state index contributed by atoms with van der Waals surface area (Å²) in [6.07, 6.45) is 3.59. The fourth-order valence-corrected chi connectivity index (χ4v) is 2.82. The lowest BCUT2D eigenvalue weighted by Gasteiger charge is -2.41. The zero-order valence-corrected chi connectivity index (χ0v) is 10.5. The number of aryl methyl sites for hydroxylation is 1. The lowest BCUT2D eigenvalue weighted by atomic mass is 9.64. The fourth-order valence-electron chi connectivity index (χ4n) is 2.26. The smallest absolute Gasteiger partial charge is 0.132 e. The van der Waals surface area contributed by atoms with Gasteiger partial charge in [-0.3, -0.25) is 0 Å². The van der Waals surface area contributed by atoms with Crippen molar-refractivity contribution in [3.05, 3.63) is 27.7 Å². The van der Waals surface area contributed by atoms with Crippen LogP contribution in [0.3, 0.4) is 0 Å². The molecule has 0 aromatic heterocycles. The van der Waals surface area contributed by atoms with E-state index in [1.54, 1.807) is 0 Å². The molecule has 1 aromatic rings. The van der Waals surface area contributed by atoms with Crippen LogP contribution in [0.2, 0.25) is 0 Å².